The van der Waals surface area contributed by atoms with E-state index in [4.69, 9.17) is 0 Å². The summed E-state index contributed by atoms with van der Waals surface area (Å²) in [6.07, 6.45) is 1.87. The summed E-state index contributed by atoms with van der Waals surface area (Å²) < 4.78 is 0. The lowest BCUT2D eigenvalue weighted by Gasteiger charge is -2.19. The van der Waals surface area contributed by atoms with Crippen LogP contribution >= 0.6 is 0 Å². The minimum Gasteiger partial charge on any atom is -0.270 e. The van der Waals surface area contributed by atoms with Gasteiger partial charge in [-0.2, -0.15) is 0 Å². The molecule has 0 saturated carbocycles. The summed E-state index contributed by atoms with van der Waals surface area (Å²) in [6, 6.07) is 23.2. The Bertz CT molecular complexity index is 1210. The Hall–Kier alpha value is -3.72. The molecule has 4 aromatic carbocycles. The van der Waals surface area contributed by atoms with E-state index in [-0.39, 0.29) is 18.4 Å². The van der Waals surface area contributed by atoms with E-state index in [1.54, 1.807) is 24.3 Å². The monoisotopic (exact) mass is 363 g/mol. The zero-order chi connectivity index (χ0) is 19.3. The van der Waals surface area contributed by atoms with E-state index in [1.165, 1.54) is 4.90 Å². The summed E-state index contributed by atoms with van der Waals surface area (Å²) in [5.74, 6) is -0.469. The van der Waals surface area contributed by atoms with Crippen molar-refractivity contribution in [3.8, 4) is 0 Å². The molecule has 0 N–H and O–H groups in total. The third kappa shape index (κ3) is 2.23. The van der Waals surface area contributed by atoms with Gasteiger partial charge in [0.25, 0.3) is 11.8 Å². The Morgan fingerprint density at radius 3 is 1.57 bits per heavy atom. The molecule has 0 unspecified atom stereocenters. The van der Waals surface area contributed by atoms with Gasteiger partial charge in [-0.15, -0.1) is 0 Å². The molecule has 0 bridgehead atoms. The average molecular weight is 363 g/mol. The van der Waals surface area contributed by atoms with E-state index in [0.717, 1.165) is 32.7 Å². The molecular formula is C25H17NO2. The van der Waals surface area contributed by atoms with Crippen LogP contribution in [0.15, 0.2) is 79.4 Å². The molecule has 0 saturated heterocycles. The number of fused-ring (bicyclic) bond motifs is 3. The molecule has 0 atom stereocenters. The highest BCUT2D eigenvalue weighted by molar-refractivity contribution is 6.21. The highest BCUT2D eigenvalue weighted by atomic mass is 16.2. The van der Waals surface area contributed by atoms with Crippen molar-refractivity contribution in [3.63, 3.8) is 0 Å². The van der Waals surface area contributed by atoms with Crippen molar-refractivity contribution in [2.45, 2.75) is 6.54 Å². The molecule has 0 radical (unpaired) electrons. The SMILES string of the molecule is C=Cc1c2ccccc2c(CN2C(=O)c3ccccc3C2=O)c2ccccc12. The summed E-state index contributed by atoms with van der Waals surface area (Å²) in [6.45, 7) is 4.24. The first-order valence-electron chi connectivity index (χ1n) is 9.20. The first-order chi connectivity index (χ1) is 13.7. The van der Waals surface area contributed by atoms with Gasteiger partial charge in [0.1, 0.15) is 0 Å². The number of hydrogen-bond acceptors (Lipinski definition) is 2. The second-order valence-electron chi connectivity index (χ2n) is 6.93. The smallest absolute Gasteiger partial charge is 0.261 e. The van der Waals surface area contributed by atoms with Crippen LogP contribution in [0.1, 0.15) is 31.8 Å². The lowest BCUT2D eigenvalue weighted by atomic mass is 9.91. The predicted octanol–water partition coefficient (Wildman–Crippen LogP) is 5.43. The Morgan fingerprint density at radius 2 is 1.11 bits per heavy atom. The van der Waals surface area contributed by atoms with Gasteiger partial charge in [0.05, 0.1) is 17.7 Å². The van der Waals surface area contributed by atoms with Crippen molar-refractivity contribution in [2.24, 2.45) is 0 Å². The number of amides is 2. The predicted molar refractivity (Wildman–Crippen MR) is 112 cm³/mol. The molecule has 1 heterocycles. The zero-order valence-corrected chi connectivity index (χ0v) is 15.2. The number of benzene rings is 4. The Labute approximate surface area is 162 Å². The fourth-order valence-corrected chi connectivity index (χ4v) is 4.18. The van der Waals surface area contributed by atoms with Gasteiger partial charge < -0.3 is 0 Å². The molecule has 1 aliphatic heterocycles. The van der Waals surface area contributed by atoms with Crippen LogP contribution in [0.3, 0.4) is 0 Å². The molecule has 4 aromatic rings. The summed E-state index contributed by atoms with van der Waals surface area (Å²) in [4.78, 5) is 27.1. The number of carbonyl (C=O) groups is 2. The summed E-state index contributed by atoms with van der Waals surface area (Å²) in [7, 11) is 0. The molecule has 2 amide bonds. The molecule has 0 aliphatic carbocycles. The lowest BCUT2D eigenvalue weighted by molar-refractivity contribution is 0.0643. The van der Waals surface area contributed by atoms with Crippen LogP contribution in [-0.2, 0) is 6.54 Å². The molecule has 0 spiro atoms. The van der Waals surface area contributed by atoms with E-state index in [0.29, 0.717) is 11.1 Å². The summed E-state index contributed by atoms with van der Waals surface area (Å²) in [5.41, 5.74) is 3.00. The largest absolute Gasteiger partial charge is 0.270 e. The lowest BCUT2D eigenvalue weighted by Crippen LogP contribution is -2.29. The standard InChI is InChI=1S/C25H17NO2/c1-2-16-17-9-3-5-11-19(17)23(20-12-6-4-10-18(16)20)15-26-24(27)21-13-7-8-14-22(21)25(26)28/h2-14H,1,15H2. The van der Waals surface area contributed by atoms with E-state index in [1.807, 2.05) is 42.5 Å². The summed E-state index contributed by atoms with van der Waals surface area (Å²) in [5, 5.41) is 4.21. The van der Waals surface area contributed by atoms with E-state index >= 15 is 0 Å². The summed E-state index contributed by atoms with van der Waals surface area (Å²) >= 11 is 0. The molecule has 28 heavy (non-hydrogen) atoms. The second kappa shape index (κ2) is 6.17. The van der Waals surface area contributed by atoms with Gasteiger partial charge >= 0.3 is 0 Å². The maximum atomic E-state index is 12.9. The number of imide groups is 1. The highest BCUT2D eigenvalue weighted by Gasteiger charge is 2.35. The van der Waals surface area contributed by atoms with Gasteiger partial charge in [0.2, 0.25) is 0 Å². The van der Waals surface area contributed by atoms with Crippen molar-refractivity contribution < 1.29 is 9.59 Å². The maximum absolute atomic E-state index is 12.9. The van der Waals surface area contributed by atoms with Gasteiger partial charge in [-0.1, -0.05) is 73.3 Å². The van der Waals surface area contributed by atoms with Crippen LogP contribution in [-0.4, -0.2) is 16.7 Å². The normalized spacial score (nSPS) is 13.4. The average Bonchev–Trinajstić information content (AvgIpc) is 2.98. The fraction of sp³-hybridized carbons (Fsp3) is 0.0400. The highest BCUT2D eigenvalue weighted by Crippen LogP contribution is 2.35. The fourth-order valence-electron chi connectivity index (χ4n) is 4.18. The first-order valence-corrected chi connectivity index (χ1v) is 9.20. The van der Waals surface area contributed by atoms with Crippen molar-refractivity contribution in [1.82, 2.24) is 4.90 Å². The third-order valence-corrected chi connectivity index (χ3v) is 5.48. The third-order valence-electron chi connectivity index (χ3n) is 5.48. The zero-order valence-electron chi connectivity index (χ0n) is 15.2. The molecule has 5 rings (SSSR count). The van der Waals surface area contributed by atoms with Crippen LogP contribution in [0.2, 0.25) is 0 Å². The van der Waals surface area contributed by atoms with Gasteiger partial charge in [0, 0.05) is 0 Å². The van der Waals surface area contributed by atoms with Crippen LogP contribution in [0.25, 0.3) is 27.6 Å². The Morgan fingerprint density at radius 1 is 0.679 bits per heavy atom. The van der Waals surface area contributed by atoms with E-state index in [9.17, 15) is 9.59 Å². The number of rotatable bonds is 3. The van der Waals surface area contributed by atoms with Crippen molar-refractivity contribution in [2.75, 3.05) is 0 Å². The quantitative estimate of drug-likeness (QED) is 0.359. The topological polar surface area (TPSA) is 37.4 Å². The van der Waals surface area contributed by atoms with Crippen LogP contribution < -0.4 is 0 Å². The Balaban J connectivity index is 1.75. The van der Waals surface area contributed by atoms with Crippen molar-refractivity contribution >= 4 is 39.4 Å². The van der Waals surface area contributed by atoms with Gasteiger partial charge in [-0.05, 0) is 44.8 Å². The molecular weight excluding hydrogens is 346 g/mol. The van der Waals surface area contributed by atoms with Crippen molar-refractivity contribution in [1.29, 1.82) is 0 Å². The van der Waals surface area contributed by atoms with Crippen LogP contribution in [0.4, 0.5) is 0 Å². The first kappa shape index (κ1) is 16.5. The molecule has 0 aromatic heterocycles. The van der Waals surface area contributed by atoms with Crippen LogP contribution in [0, 0.1) is 0 Å². The maximum Gasteiger partial charge on any atom is 0.261 e. The minimum atomic E-state index is -0.235. The molecule has 3 heteroatoms. The van der Waals surface area contributed by atoms with E-state index in [2.05, 4.69) is 18.7 Å². The number of hydrogen-bond donors (Lipinski definition) is 0. The molecule has 3 nitrogen and oxygen atoms in total. The van der Waals surface area contributed by atoms with Gasteiger partial charge in [-0.25, -0.2) is 0 Å². The Kier molecular flexibility index (Phi) is 3.63. The number of carbonyl (C=O) groups excluding carboxylic acids is 2. The molecule has 134 valence electrons. The van der Waals surface area contributed by atoms with E-state index < -0.39 is 0 Å². The number of nitrogens with zero attached hydrogens (tertiary/aromatic N) is 1. The van der Waals surface area contributed by atoms with Crippen LogP contribution in [0.5, 0.6) is 0 Å². The van der Waals surface area contributed by atoms with Crippen molar-refractivity contribution in [3.05, 3.63) is 102 Å². The van der Waals surface area contributed by atoms with Gasteiger partial charge in [-0.3, -0.25) is 14.5 Å². The minimum absolute atomic E-state index is 0.235. The molecule has 0 fully saturated rings. The molecule has 1 aliphatic rings. The second-order valence-corrected chi connectivity index (χ2v) is 6.93. The van der Waals surface area contributed by atoms with Gasteiger partial charge in [0.15, 0.2) is 0 Å².